The fraction of sp³-hybridized carbons (Fsp3) is 1.00. The Morgan fingerprint density at radius 3 is 1.19 bits per heavy atom. The first-order valence-electron chi connectivity index (χ1n) is 11.8. The zero-order chi connectivity index (χ0) is 24.9. The molecule has 0 unspecified atom stereocenters. The molecule has 0 heterocycles. The molecule has 0 aromatic heterocycles. The van der Waals surface area contributed by atoms with Crippen molar-refractivity contribution in [3.8, 4) is 0 Å². The van der Waals surface area contributed by atoms with Gasteiger partial charge in [0.1, 0.15) is 0 Å². The van der Waals surface area contributed by atoms with Crippen LogP contribution in [0.1, 0.15) is 6.42 Å². The molecule has 0 radical (unpaired) electrons. The Bertz CT molecular complexity index is 513. The summed E-state index contributed by atoms with van der Waals surface area (Å²) in [4.78, 5) is 0. The average molecular weight is 527 g/mol. The van der Waals surface area contributed by atoms with Gasteiger partial charge < -0.3 is 22.1 Å². The lowest BCUT2D eigenvalue weighted by molar-refractivity contribution is -0.0551. The topological polar surface area (TPSA) is 46.2 Å². The van der Waals surface area contributed by atoms with Gasteiger partial charge in [-0.15, -0.1) is 0 Å². The van der Waals surface area contributed by atoms with Crippen LogP contribution in [0.5, 0.6) is 0 Å². The number of hydrogen-bond donors (Lipinski definition) is 0. The third-order valence-corrected chi connectivity index (χ3v) is 8.95. The van der Waals surface area contributed by atoms with E-state index in [1.54, 1.807) is 0 Å². The monoisotopic (exact) mass is 526 g/mol. The largest absolute Gasteiger partial charge is 0.418 e. The molecule has 0 fully saturated rings. The SMILES string of the molecule is C[Si](C)(C)OCC[C@@H](O[Si](C)(C)C)[C@H](O[Si](C)(C)C)[C@@H](CO[Si](C)(C)C)O[Si](C)(C)C. The summed E-state index contributed by atoms with van der Waals surface area (Å²) < 4.78 is 32.9. The van der Waals surface area contributed by atoms with Crippen LogP contribution in [0.15, 0.2) is 0 Å². The first-order chi connectivity index (χ1) is 13.5. The van der Waals surface area contributed by atoms with Crippen molar-refractivity contribution < 1.29 is 22.1 Å². The van der Waals surface area contributed by atoms with Crippen molar-refractivity contribution >= 4 is 41.6 Å². The van der Waals surface area contributed by atoms with E-state index in [0.717, 1.165) is 6.42 Å². The van der Waals surface area contributed by atoms with E-state index in [2.05, 4.69) is 98.2 Å². The molecule has 0 rings (SSSR count). The quantitative estimate of drug-likeness (QED) is 0.221. The van der Waals surface area contributed by atoms with E-state index in [-0.39, 0.29) is 18.3 Å². The second-order valence-electron chi connectivity index (χ2n) is 13.4. The highest BCUT2D eigenvalue weighted by Crippen LogP contribution is 2.26. The Balaban J connectivity index is 6.01. The molecule has 0 bridgehead atoms. The van der Waals surface area contributed by atoms with Gasteiger partial charge in [0.25, 0.3) is 0 Å². The van der Waals surface area contributed by atoms with Gasteiger partial charge in [0.2, 0.25) is 0 Å². The van der Waals surface area contributed by atoms with Crippen molar-refractivity contribution in [2.24, 2.45) is 0 Å². The maximum Gasteiger partial charge on any atom is 0.184 e. The fourth-order valence-corrected chi connectivity index (χ4v) is 7.79. The maximum atomic E-state index is 6.83. The normalized spacial score (nSPS) is 17.5. The summed E-state index contributed by atoms with van der Waals surface area (Å²) in [5, 5.41) is 0. The third-order valence-electron chi connectivity index (χ3n) is 3.85. The van der Waals surface area contributed by atoms with Crippen LogP contribution in [0.2, 0.25) is 98.2 Å². The summed E-state index contributed by atoms with van der Waals surface area (Å²) in [6.45, 7) is 34.8. The predicted octanol–water partition coefficient (Wildman–Crippen LogP) is 6.74. The summed E-state index contributed by atoms with van der Waals surface area (Å²) in [6, 6.07) is 0. The third kappa shape index (κ3) is 18.9. The lowest BCUT2D eigenvalue weighted by atomic mass is 10.1. The molecule has 0 aliphatic carbocycles. The number of hydrogen-bond acceptors (Lipinski definition) is 5. The van der Waals surface area contributed by atoms with Crippen LogP contribution in [0.3, 0.4) is 0 Å². The van der Waals surface area contributed by atoms with E-state index in [4.69, 9.17) is 22.1 Å². The van der Waals surface area contributed by atoms with E-state index >= 15 is 0 Å². The van der Waals surface area contributed by atoms with Crippen LogP contribution >= 0.6 is 0 Å². The molecule has 0 aromatic carbocycles. The fourth-order valence-electron chi connectivity index (χ4n) is 3.01. The Hall–Kier alpha value is 0.884. The van der Waals surface area contributed by atoms with Gasteiger partial charge in [0, 0.05) is 6.61 Å². The Morgan fingerprint density at radius 2 is 0.839 bits per heavy atom. The standard InChI is InChI=1S/C21H54O5Si5/c1-27(2,3)22-17-16-19(24-29(7,8)9)21(26-31(13,14)15)20(25-30(10,11)12)18-23-28(4,5)6/h19-21H,16-18H2,1-15H3/t19-,20-,21+/m1/s1. The second kappa shape index (κ2) is 12.0. The van der Waals surface area contributed by atoms with Crippen LogP contribution in [-0.2, 0) is 22.1 Å². The lowest BCUT2D eigenvalue weighted by Crippen LogP contribution is -2.55. The van der Waals surface area contributed by atoms with Gasteiger partial charge in [-0.25, -0.2) is 0 Å². The van der Waals surface area contributed by atoms with Crippen LogP contribution in [-0.4, -0.2) is 73.1 Å². The molecule has 10 heteroatoms. The minimum atomic E-state index is -1.85. The van der Waals surface area contributed by atoms with Gasteiger partial charge in [-0.05, 0) is 105 Å². The van der Waals surface area contributed by atoms with Crippen LogP contribution in [0, 0.1) is 0 Å². The van der Waals surface area contributed by atoms with Crippen molar-refractivity contribution in [1.82, 2.24) is 0 Å². The maximum absolute atomic E-state index is 6.83. The highest BCUT2D eigenvalue weighted by atomic mass is 28.4. The molecule has 188 valence electrons. The molecule has 31 heavy (non-hydrogen) atoms. The van der Waals surface area contributed by atoms with Crippen molar-refractivity contribution in [3.63, 3.8) is 0 Å². The smallest absolute Gasteiger partial charge is 0.184 e. The molecular weight excluding hydrogens is 473 g/mol. The molecular formula is C21H54O5Si5. The summed E-state index contributed by atoms with van der Waals surface area (Å²) >= 11 is 0. The minimum absolute atomic E-state index is 0.0543. The van der Waals surface area contributed by atoms with Gasteiger partial charge in [-0.3, -0.25) is 0 Å². The Kier molecular flexibility index (Phi) is 12.4. The molecule has 0 spiro atoms. The summed E-state index contributed by atoms with van der Waals surface area (Å²) in [6.07, 6.45) is 0.494. The van der Waals surface area contributed by atoms with E-state index in [1.807, 2.05) is 0 Å². The van der Waals surface area contributed by atoms with Gasteiger partial charge in [0.05, 0.1) is 24.9 Å². The first-order valence-corrected chi connectivity index (χ1v) is 28.8. The molecule has 5 nitrogen and oxygen atoms in total. The van der Waals surface area contributed by atoms with Crippen LogP contribution in [0.4, 0.5) is 0 Å². The first kappa shape index (κ1) is 31.9. The molecule has 0 amide bonds. The van der Waals surface area contributed by atoms with Crippen molar-refractivity contribution in [1.29, 1.82) is 0 Å². The highest BCUT2D eigenvalue weighted by molar-refractivity contribution is 6.71. The Morgan fingerprint density at radius 1 is 0.452 bits per heavy atom. The van der Waals surface area contributed by atoms with Crippen LogP contribution < -0.4 is 0 Å². The zero-order valence-corrected chi connectivity index (χ0v) is 28.4. The van der Waals surface area contributed by atoms with E-state index < -0.39 is 41.6 Å². The van der Waals surface area contributed by atoms with Crippen molar-refractivity contribution in [2.45, 2.75) is 123 Å². The molecule has 3 atom stereocenters. The minimum Gasteiger partial charge on any atom is -0.418 e. The van der Waals surface area contributed by atoms with Gasteiger partial charge >= 0.3 is 0 Å². The summed E-state index contributed by atoms with van der Waals surface area (Å²) in [5.74, 6) is 0. The zero-order valence-electron chi connectivity index (χ0n) is 23.4. The summed E-state index contributed by atoms with van der Waals surface area (Å²) in [5.41, 5.74) is 0. The summed E-state index contributed by atoms with van der Waals surface area (Å²) in [7, 11) is -8.76. The van der Waals surface area contributed by atoms with Crippen molar-refractivity contribution in [2.75, 3.05) is 13.2 Å². The highest BCUT2D eigenvalue weighted by Gasteiger charge is 2.40. The van der Waals surface area contributed by atoms with E-state index in [9.17, 15) is 0 Å². The molecule has 0 N–H and O–H groups in total. The molecule has 0 aliphatic rings. The predicted molar refractivity (Wildman–Crippen MR) is 148 cm³/mol. The second-order valence-corrected chi connectivity index (χ2v) is 35.8. The van der Waals surface area contributed by atoms with Gasteiger partial charge in [-0.1, -0.05) is 0 Å². The van der Waals surface area contributed by atoms with Gasteiger partial charge in [-0.2, -0.15) is 0 Å². The Labute approximate surface area is 199 Å². The molecule has 0 aliphatic heterocycles. The van der Waals surface area contributed by atoms with Crippen molar-refractivity contribution in [3.05, 3.63) is 0 Å². The molecule has 0 aromatic rings. The van der Waals surface area contributed by atoms with E-state index in [0.29, 0.717) is 13.2 Å². The molecule has 0 saturated carbocycles. The van der Waals surface area contributed by atoms with E-state index in [1.165, 1.54) is 0 Å². The average Bonchev–Trinajstić information content (AvgIpc) is 2.42. The lowest BCUT2D eigenvalue weighted by Gasteiger charge is -2.42. The molecule has 0 saturated heterocycles. The van der Waals surface area contributed by atoms with Gasteiger partial charge in [0.15, 0.2) is 41.6 Å². The number of rotatable bonds is 15. The van der Waals surface area contributed by atoms with Crippen LogP contribution in [0.25, 0.3) is 0 Å².